The molecule has 5 nitrogen and oxygen atoms in total. The number of halogens is 1. The predicted octanol–water partition coefficient (Wildman–Crippen LogP) is 1.16. The molecule has 0 heterocycles. The van der Waals surface area contributed by atoms with Crippen LogP contribution in [-0.2, 0) is 20.5 Å². The van der Waals surface area contributed by atoms with Gasteiger partial charge in [-0.3, -0.25) is 0 Å². The summed E-state index contributed by atoms with van der Waals surface area (Å²) in [6, 6.07) is 6.73. The van der Waals surface area contributed by atoms with Gasteiger partial charge in [0.15, 0.2) is 0 Å². The van der Waals surface area contributed by atoms with Crippen LogP contribution in [0.15, 0.2) is 24.3 Å². The van der Waals surface area contributed by atoms with Crippen LogP contribution in [-0.4, -0.2) is 39.4 Å². The first-order valence-corrected chi connectivity index (χ1v) is 7.71. The van der Waals surface area contributed by atoms with Gasteiger partial charge in [0.2, 0.25) is 10.0 Å². The Kier molecular flexibility index (Phi) is 5.76. The number of aliphatic hydroxyl groups is 1. The minimum atomic E-state index is -3.56. The molecule has 0 amide bonds. The monoisotopic (exact) mass is 307 g/mol. The van der Waals surface area contributed by atoms with Crippen molar-refractivity contribution < 1.29 is 18.3 Å². The van der Waals surface area contributed by atoms with Gasteiger partial charge < -0.3 is 9.84 Å². The molecule has 0 radical (unpaired) electrons. The van der Waals surface area contributed by atoms with Crippen molar-refractivity contribution in [1.82, 2.24) is 4.72 Å². The van der Waals surface area contributed by atoms with Crippen molar-refractivity contribution >= 4 is 21.6 Å². The molecule has 0 aliphatic rings. The maximum absolute atomic E-state index is 11.9. The maximum Gasteiger partial charge on any atom is 0.215 e. The number of hydrogen-bond acceptors (Lipinski definition) is 4. The van der Waals surface area contributed by atoms with Crippen molar-refractivity contribution in [3.8, 4) is 0 Å². The Morgan fingerprint density at radius 1 is 1.42 bits per heavy atom. The summed E-state index contributed by atoms with van der Waals surface area (Å²) in [6.45, 7) is 1.42. The summed E-state index contributed by atoms with van der Waals surface area (Å²) in [7, 11) is -2.12. The van der Waals surface area contributed by atoms with Gasteiger partial charge in [0, 0.05) is 18.7 Å². The van der Waals surface area contributed by atoms with E-state index in [0.717, 1.165) is 0 Å². The fourth-order valence-corrected chi connectivity index (χ4v) is 3.07. The smallest absolute Gasteiger partial charge is 0.215 e. The molecule has 1 aromatic rings. The Morgan fingerprint density at radius 3 is 2.63 bits per heavy atom. The summed E-state index contributed by atoms with van der Waals surface area (Å²) in [4.78, 5) is 0. The summed E-state index contributed by atoms with van der Waals surface area (Å²) in [6.07, 6.45) is 0. The number of sulfonamides is 1. The molecule has 7 heteroatoms. The standard InChI is InChI=1S/C12H18ClNO4S/c1-12(15,9-18-2)8-14-19(16,17)7-10-5-3-4-6-11(10)13/h3-6,14-15H,7-9H2,1-2H3. The predicted molar refractivity (Wildman–Crippen MR) is 74.6 cm³/mol. The fraction of sp³-hybridized carbons (Fsp3) is 0.500. The Labute approximate surface area is 118 Å². The van der Waals surface area contributed by atoms with Crippen LogP contribution in [0.2, 0.25) is 5.02 Å². The lowest BCUT2D eigenvalue weighted by Gasteiger charge is -2.22. The molecule has 0 fully saturated rings. The van der Waals surface area contributed by atoms with Gasteiger partial charge in [0.05, 0.1) is 18.0 Å². The summed E-state index contributed by atoms with van der Waals surface area (Å²) < 4.78 is 30.9. The highest BCUT2D eigenvalue weighted by Gasteiger charge is 2.23. The van der Waals surface area contributed by atoms with Gasteiger partial charge in [-0.2, -0.15) is 0 Å². The number of benzene rings is 1. The van der Waals surface area contributed by atoms with E-state index in [1.165, 1.54) is 14.0 Å². The normalized spacial score (nSPS) is 15.2. The molecular weight excluding hydrogens is 290 g/mol. The zero-order valence-electron chi connectivity index (χ0n) is 10.9. The lowest BCUT2D eigenvalue weighted by atomic mass is 10.1. The maximum atomic E-state index is 11.9. The molecule has 1 rings (SSSR count). The Hall–Kier alpha value is -0.660. The van der Waals surface area contributed by atoms with Crippen LogP contribution < -0.4 is 4.72 Å². The van der Waals surface area contributed by atoms with Gasteiger partial charge in [-0.25, -0.2) is 13.1 Å². The summed E-state index contributed by atoms with van der Waals surface area (Å²) in [5.74, 6) is -0.226. The molecular formula is C12H18ClNO4S. The third-order valence-electron chi connectivity index (χ3n) is 2.43. The highest BCUT2D eigenvalue weighted by Crippen LogP contribution is 2.17. The van der Waals surface area contributed by atoms with E-state index >= 15 is 0 Å². The van der Waals surface area contributed by atoms with Gasteiger partial charge in [-0.05, 0) is 18.6 Å². The van der Waals surface area contributed by atoms with E-state index in [0.29, 0.717) is 10.6 Å². The zero-order valence-corrected chi connectivity index (χ0v) is 12.5. The van der Waals surface area contributed by atoms with Gasteiger partial charge in [0.1, 0.15) is 0 Å². The van der Waals surface area contributed by atoms with Crippen LogP contribution in [0.5, 0.6) is 0 Å². The van der Waals surface area contributed by atoms with E-state index in [9.17, 15) is 13.5 Å². The molecule has 0 spiro atoms. The molecule has 19 heavy (non-hydrogen) atoms. The second kappa shape index (κ2) is 6.67. The van der Waals surface area contributed by atoms with Gasteiger partial charge >= 0.3 is 0 Å². The second-order valence-corrected chi connectivity index (χ2v) is 6.82. The van der Waals surface area contributed by atoms with E-state index in [-0.39, 0.29) is 18.9 Å². The molecule has 0 saturated heterocycles. The minimum absolute atomic E-state index is 0.0433. The molecule has 0 aliphatic carbocycles. The Bertz CT molecular complexity index is 516. The average Bonchev–Trinajstić information content (AvgIpc) is 2.30. The van der Waals surface area contributed by atoms with Crippen molar-refractivity contribution in [1.29, 1.82) is 0 Å². The van der Waals surface area contributed by atoms with Gasteiger partial charge in [0.25, 0.3) is 0 Å². The molecule has 0 aliphatic heterocycles. The quantitative estimate of drug-likeness (QED) is 0.792. The van der Waals surface area contributed by atoms with Crippen LogP contribution in [0.1, 0.15) is 12.5 Å². The third kappa shape index (κ3) is 5.88. The summed E-state index contributed by atoms with van der Waals surface area (Å²) in [5, 5.41) is 10.2. The van der Waals surface area contributed by atoms with Crippen LogP contribution in [0.25, 0.3) is 0 Å². The molecule has 0 bridgehead atoms. The minimum Gasteiger partial charge on any atom is -0.386 e. The van der Waals surface area contributed by atoms with Crippen molar-refractivity contribution in [3.05, 3.63) is 34.9 Å². The van der Waals surface area contributed by atoms with Crippen molar-refractivity contribution in [2.45, 2.75) is 18.3 Å². The lowest BCUT2D eigenvalue weighted by Crippen LogP contribution is -2.44. The highest BCUT2D eigenvalue weighted by atomic mass is 35.5. The topological polar surface area (TPSA) is 75.6 Å². The van der Waals surface area contributed by atoms with Crippen molar-refractivity contribution in [3.63, 3.8) is 0 Å². The van der Waals surface area contributed by atoms with Crippen molar-refractivity contribution in [2.24, 2.45) is 0 Å². The van der Waals surface area contributed by atoms with E-state index in [1.54, 1.807) is 24.3 Å². The number of ether oxygens (including phenoxy) is 1. The number of hydrogen-bond donors (Lipinski definition) is 2. The largest absolute Gasteiger partial charge is 0.386 e. The lowest BCUT2D eigenvalue weighted by molar-refractivity contribution is -0.0120. The first-order valence-electron chi connectivity index (χ1n) is 5.68. The van der Waals surface area contributed by atoms with Crippen LogP contribution in [0.4, 0.5) is 0 Å². The molecule has 1 aromatic carbocycles. The Balaban J connectivity index is 2.65. The van der Waals surface area contributed by atoms with Gasteiger partial charge in [-0.1, -0.05) is 29.8 Å². The molecule has 1 atom stereocenters. The third-order valence-corrected chi connectivity index (χ3v) is 4.08. The molecule has 1 unspecified atom stereocenters. The van der Waals surface area contributed by atoms with E-state index in [2.05, 4.69) is 4.72 Å². The molecule has 2 N–H and O–H groups in total. The van der Waals surface area contributed by atoms with E-state index in [1.807, 2.05) is 0 Å². The van der Waals surface area contributed by atoms with Crippen LogP contribution in [0.3, 0.4) is 0 Å². The van der Waals surface area contributed by atoms with E-state index in [4.69, 9.17) is 16.3 Å². The van der Waals surface area contributed by atoms with E-state index < -0.39 is 15.6 Å². The first kappa shape index (κ1) is 16.4. The number of nitrogens with one attached hydrogen (secondary N) is 1. The number of rotatable bonds is 7. The van der Waals surface area contributed by atoms with Crippen LogP contribution in [0, 0.1) is 0 Å². The summed E-state index contributed by atoms with van der Waals surface area (Å²) in [5.41, 5.74) is -0.731. The second-order valence-electron chi connectivity index (χ2n) is 4.60. The fourth-order valence-electron chi connectivity index (χ4n) is 1.50. The van der Waals surface area contributed by atoms with Crippen molar-refractivity contribution in [2.75, 3.05) is 20.3 Å². The highest BCUT2D eigenvalue weighted by molar-refractivity contribution is 7.88. The van der Waals surface area contributed by atoms with Crippen LogP contribution >= 0.6 is 11.6 Å². The van der Waals surface area contributed by atoms with Gasteiger partial charge in [-0.15, -0.1) is 0 Å². The summed E-state index contributed by atoms with van der Waals surface area (Å²) >= 11 is 5.91. The Morgan fingerprint density at radius 2 is 2.05 bits per heavy atom. The first-order chi connectivity index (χ1) is 8.76. The average molecular weight is 308 g/mol. The zero-order chi connectivity index (χ0) is 14.5. The molecule has 0 aromatic heterocycles. The SMILES string of the molecule is COCC(C)(O)CNS(=O)(=O)Cc1ccccc1Cl. The number of methoxy groups -OCH3 is 1. The molecule has 108 valence electrons. The molecule has 0 saturated carbocycles.